The molecule has 0 aliphatic carbocycles. The predicted molar refractivity (Wildman–Crippen MR) is 117 cm³/mol. The van der Waals surface area contributed by atoms with Crippen molar-refractivity contribution in [1.82, 2.24) is 9.88 Å². The van der Waals surface area contributed by atoms with Crippen molar-refractivity contribution in [3.05, 3.63) is 65.2 Å². The Bertz CT molecular complexity index is 1260. The van der Waals surface area contributed by atoms with Crippen LogP contribution in [0.2, 0.25) is 0 Å². The summed E-state index contributed by atoms with van der Waals surface area (Å²) in [7, 11) is -3.83. The van der Waals surface area contributed by atoms with Gasteiger partial charge in [-0.25, -0.2) is 13.4 Å². The van der Waals surface area contributed by atoms with Gasteiger partial charge in [0.1, 0.15) is 11.5 Å². The Morgan fingerprint density at radius 2 is 1.85 bits per heavy atom. The first-order chi connectivity index (χ1) is 16.1. The fourth-order valence-electron chi connectivity index (χ4n) is 3.34. The lowest BCUT2D eigenvalue weighted by molar-refractivity contribution is -0.274. The normalized spacial score (nSPS) is 13.8. The molecule has 0 atom stereocenters. The second-order valence-corrected chi connectivity index (χ2v) is 9.82. The molecule has 1 amide bonds. The van der Waals surface area contributed by atoms with Crippen LogP contribution in [0.5, 0.6) is 11.5 Å². The van der Waals surface area contributed by atoms with Gasteiger partial charge in [-0.3, -0.25) is 9.52 Å². The number of sulfonamides is 1. The maximum atomic E-state index is 12.6. The highest BCUT2D eigenvalue weighted by Crippen LogP contribution is 2.26. The monoisotopic (exact) mass is 513 g/mol. The number of benzene rings is 2. The molecule has 3 aromatic rings. The lowest BCUT2D eigenvalue weighted by Gasteiger charge is -2.29. The van der Waals surface area contributed by atoms with Gasteiger partial charge < -0.3 is 14.4 Å². The van der Waals surface area contributed by atoms with Gasteiger partial charge in [0.15, 0.2) is 11.7 Å². The summed E-state index contributed by atoms with van der Waals surface area (Å²) in [6.07, 6.45) is -2.75. The SMILES string of the molecule is O=C(COc1ccc(OC(F)(F)F)cc1)N1CCc2ccc(S(=O)(=O)Nc3nccs3)cc2C1. The summed E-state index contributed by atoms with van der Waals surface area (Å²) in [5.74, 6) is -0.522. The van der Waals surface area contributed by atoms with Gasteiger partial charge in [-0.05, 0) is 53.9 Å². The summed E-state index contributed by atoms with van der Waals surface area (Å²) in [6, 6.07) is 9.50. The fraction of sp³-hybridized carbons (Fsp3) is 0.238. The van der Waals surface area contributed by atoms with E-state index >= 15 is 0 Å². The van der Waals surface area contributed by atoms with Gasteiger partial charge >= 0.3 is 6.36 Å². The molecule has 13 heteroatoms. The number of anilines is 1. The number of rotatable bonds is 7. The number of nitrogens with one attached hydrogen (secondary N) is 1. The fourth-order valence-corrected chi connectivity index (χ4v) is 5.17. The number of fused-ring (bicyclic) bond motifs is 1. The summed E-state index contributed by atoms with van der Waals surface area (Å²) in [6.45, 7) is 0.311. The minimum absolute atomic E-state index is 0.0631. The van der Waals surface area contributed by atoms with Crippen molar-refractivity contribution in [1.29, 1.82) is 0 Å². The zero-order valence-electron chi connectivity index (χ0n) is 17.4. The van der Waals surface area contributed by atoms with Crippen molar-refractivity contribution in [2.24, 2.45) is 0 Å². The average molecular weight is 514 g/mol. The maximum Gasteiger partial charge on any atom is 0.573 e. The van der Waals surface area contributed by atoms with Crippen molar-refractivity contribution in [2.45, 2.75) is 24.2 Å². The number of aromatic nitrogens is 1. The Labute approximate surface area is 197 Å². The van der Waals surface area contributed by atoms with E-state index in [4.69, 9.17) is 4.74 Å². The number of ether oxygens (including phenoxy) is 2. The third kappa shape index (κ3) is 5.97. The molecule has 0 fully saturated rings. The molecule has 1 aliphatic heterocycles. The van der Waals surface area contributed by atoms with Gasteiger partial charge in [-0.15, -0.1) is 24.5 Å². The van der Waals surface area contributed by atoms with Crippen LogP contribution in [0, 0.1) is 0 Å². The molecule has 180 valence electrons. The molecule has 0 saturated carbocycles. The number of hydrogen-bond acceptors (Lipinski definition) is 7. The molecule has 0 bridgehead atoms. The Kier molecular flexibility index (Phi) is 6.66. The highest BCUT2D eigenvalue weighted by molar-refractivity contribution is 7.93. The zero-order valence-corrected chi connectivity index (χ0v) is 19.0. The molecule has 2 aromatic carbocycles. The van der Waals surface area contributed by atoms with E-state index < -0.39 is 22.1 Å². The third-order valence-corrected chi connectivity index (χ3v) is 7.08. The number of hydrogen-bond donors (Lipinski definition) is 1. The van der Waals surface area contributed by atoms with E-state index in [1.54, 1.807) is 11.4 Å². The Morgan fingerprint density at radius 1 is 1.12 bits per heavy atom. The summed E-state index contributed by atoms with van der Waals surface area (Å²) in [5, 5.41) is 1.91. The van der Waals surface area contributed by atoms with E-state index in [1.807, 2.05) is 0 Å². The molecule has 8 nitrogen and oxygen atoms in total. The number of carbonyl (C=O) groups is 1. The number of halogens is 3. The molecule has 0 saturated heterocycles. The second-order valence-electron chi connectivity index (χ2n) is 7.25. The summed E-state index contributed by atoms with van der Waals surface area (Å²) in [4.78, 5) is 18.1. The van der Waals surface area contributed by atoms with Gasteiger partial charge in [-0.1, -0.05) is 6.07 Å². The molecule has 1 N–H and O–H groups in total. The van der Waals surface area contributed by atoms with E-state index in [9.17, 15) is 26.4 Å². The van der Waals surface area contributed by atoms with Crippen LogP contribution in [0.1, 0.15) is 11.1 Å². The lowest BCUT2D eigenvalue weighted by Crippen LogP contribution is -2.39. The highest BCUT2D eigenvalue weighted by atomic mass is 32.2. The minimum Gasteiger partial charge on any atom is -0.484 e. The van der Waals surface area contributed by atoms with Gasteiger partial charge in [-0.2, -0.15) is 0 Å². The van der Waals surface area contributed by atoms with Gasteiger partial charge in [0.05, 0.1) is 4.90 Å². The summed E-state index contributed by atoms with van der Waals surface area (Å²) < 4.78 is 73.6. The molecule has 34 heavy (non-hydrogen) atoms. The van der Waals surface area contributed by atoms with E-state index in [0.29, 0.717) is 18.5 Å². The van der Waals surface area contributed by atoms with Crippen LogP contribution in [0.4, 0.5) is 18.3 Å². The Balaban J connectivity index is 1.37. The van der Waals surface area contributed by atoms with E-state index in [0.717, 1.165) is 29.0 Å². The highest BCUT2D eigenvalue weighted by Gasteiger charge is 2.31. The molecular weight excluding hydrogens is 495 g/mol. The predicted octanol–water partition coefficient (Wildman–Crippen LogP) is 3.81. The quantitative estimate of drug-likeness (QED) is 0.516. The maximum absolute atomic E-state index is 12.6. The van der Waals surface area contributed by atoms with E-state index in [2.05, 4.69) is 14.4 Å². The Morgan fingerprint density at radius 3 is 2.53 bits per heavy atom. The van der Waals surface area contributed by atoms with Crippen molar-refractivity contribution < 1.29 is 35.9 Å². The first kappa shape index (κ1) is 23.8. The smallest absolute Gasteiger partial charge is 0.484 e. The van der Waals surface area contributed by atoms with Crippen molar-refractivity contribution in [3.8, 4) is 11.5 Å². The number of carbonyl (C=O) groups excluding carboxylic acids is 1. The lowest BCUT2D eigenvalue weighted by atomic mass is 10.00. The van der Waals surface area contributed by atoms with E-state index in [1.165, 1.54) is 35.4 Å². The molecule has 1 aliphatic rings. The molecule has 2 heterocycles. The third-order valence-electron chi connectivity index (χ3n) is 4.93. The van der Waals surface area contributed by atoms with Gasteiger partial charge in [0.25, 0.3) is 15.9 Å². The zero-order chi connectivity index (χ0) is 24.3. The largest absolute Gasteiger partial charge is 0.573 e. The number of amides is 1. The van der Waals surface area contributed by atoms with Crippen LogP contribution in [0.3, 0.4) is 0 Å². The van der Waals surface area contributed by atoms with E-state index in [-0.39, 0.29) is 34.8 Å². The van der Waals surface area contributed by atoms with Crippen molar-refractivity contribution >= 4 is 32.4 Å². The summed E-state index contributed by atoms with van der Waals surface area (Å²) in [5.41, 5.74) is 1.65. The van der Waals surface area contributed by atoms with Gasteiger partial charge in [0.2, 0.25) is 0 Å². The molecule has 0 unspecified atom stereocenters. The molecule has 0 spiro atoms. The van der Waals surface area contributed by atoms with Crippen LogP contribution >= 0.6 is 11.3 Å². The van der Waals surface area contributed by atoms with Crippen molar-refractivity contribution in [3.63, 3.8) is 0 Å². The number of alkyl halides is 3. The van der Waals surface area contributed by atoms with Crippen LogP contribution in [0.25, 0.3) is 0 Å². The second kappa shape index (κ2) is 9.50. The van der Waals surface area contributed by atoms with Crippen LogP contribution in [0.15, 0.2) is 58.9 Å². The standard InChI is InChI=1S/C21H18F3N3O5S2/c22-21(23,24)32-17-4-2-16(3-5-17)31-13-19(28)27-9-7-14-1-6-18(11-15(14)12-27)34(29,30)26-20-25-8-10-33-20/h1-6,8,10-11H,7,9,12-13H2,(H,25,26). The molecule has 4 rings (SSSR count). The Hall–Kier alpha value is -3.32. The molecule has 1 aromatic heterocycles. The topological polar surface area (TPSA) is 97.8 Å². The first-order valence-corrected chi connectivity index (χ1v) is 12.3. The average Bonchev–Trinajstić information content (AvgIpc) is 3.29. The molecular formula is C21H18F3N3O5S2. The number of nitrogens with zero attached hydrogens (tertiary/aromatic N) is 2. The van der Waals surface area contributed by atoms with Crippen LogP contribution < -0.4 is 14.2 Å². The summed E-state index contributed by atoms with van der Waals surface area (Å²) >= 11 is 1.16. The number of thiazole rings is 1. The first-order valence-electron chi connectivity index (χ1n) is 9.89. The minimum atomic E-state index is -4.79. The van der Waals surface area contributed by atoms with Gasteiger partial charge in [0, 0.05) is 24.7 Å². The van der Waals surface area contributed by atoms with Crippen molar-refractivity contribution in [2.75, 3.05) is 17.9 Å². The molecule has 0 radical (unpaired) electrons. The van der Waals surface area contributed by atoms with Crippen LogP contribution in [-0.4, -0.2) is 43.7 Å². The van der Waals surface area contributed by atoms with Crippen LogP contribution in [-0.2, 0) is 27.8 Å².